The highest BCUT2D eigenvalue weighted by Crippen LogP contribution is 2.17. The molecule has 0 saturated carbocycles. The van der Waals surface area contributed by atoms with Gasteiger partial charge in [-0.2, -0.15) is 0 Å². The zero-order valence-electron chi connectivity index (χ0n) is 19.1. The van der Waals surface area contributed by atoms with Crippen molar-refractivity contribution in [1.29, 1.82) is 0 Å². The molecule has 0 radical (unpaired) electrons. The van der Waals surface area contributed by atoms with Crippen LogP contribution >= 0.6 is 0 Å². The van der Waals surface area contributed by atoms with Gasteiger partial charge in [-0.1, -0.05) is 30.3 Å². The molecule has 0 aliphatic carbocycles. The summed E-state index contributed by atoms with van der Waals surface area (Å²) in [5, 5.41) is 7.51. The monoisotopic (exact) mass is 483 g/mol. The van der Waals surface area contributed by atoms with Gasteiger partial charge >= 0.3 is 11.9 Å². The van der Waals surface area contributed by atoms with Crippen molar-refractivity contribution in [2.45, 2.75) is 38.6 Å². The predicted molar refractivity (Wildman–Crippen MR) is 121 cm³/mol. The molecule has 1 aliphatic rings. The molecule has 35 heavy (non-hydrogen) atoms. The third kappa shape index (κ3) is 7.56. The van der Waals surface area contributed by atoms with Crippen molar-refractivity contribution >= 4 is 29.7 Å². The normalized spacial score (nSPS) is 17.1. The number of esters is 2. The fraction of sp³-hybridized carbons (Fsp3) is 0.292. The van der Waals surface area contributed by atoms with Gasteiger partial charge in [0.15, 0.2) is 12.6 Å². The molecule has 0 unspecified atom stereocenters. The number of amides is 3. The SMILES string of the molecule is CC(=O)Oc1ccc(OCC(=O)N[C@@H](Cc2ccccc2)C(=O)N[C@@H]2C(=O)N[C@H]2OC(C)=O)cc1. The molecule has 0 bridgehead atoms. The summed E-state index contributed by atoms with van der Waals surface area (Å²) in [5.41, 5.74) is 0.782. The maximum atomic E-state index is 12.9. The number of carbonyl (C=O) groups is 5. The number of rotatable bonds is 10. The molecule has 3 N–H and O–H groups in total. The van der Waals surface area contributed by atoms with E-state index in [1.165, 1.54) is 38.1 Å². The van der Waals surface area contributed by atoms with Gasteiger partial charge in [-0.3, -0.25) is 24.0 Å². The standard InChI is InChI=1S/C24H25N3O8/c1-14(28)34-18-10-8-17(9-11-18)33-13-20(30)25-19(12-16-6-4-3-5-7-16)22(31)26-21-23(32)27-24(21)35-15(2)29/h3-11,19,21,24H,12-13H2,1-2H3,(H,25,30)(H,26,31)(H,27,32)/t19-,21+,24-/m0/s1. The molecule has 1 heterocycles. The van der Waals surface area contributed by atoms with Crippen LogP contribution in [0.4, 0.5) is 0 Å². The van der Waals surface area contributed by atoms with Crippen molar-refractivity contribution in [2.24, 2.45) is 0 Å². The van der Waals surface area contributed by atoms with Crippen LogP contribution < -0.4 is 25.4 Å². The Morgan fingerprint density at radius 2 is 1.60 bits per heavy atom. The van der Waals surface area contributed by atoms with E-state index in [-0.39, 0.29) is 13.0 Å². The Morgan fingerprint density at radius 1 is 0.943 bits per heavy atom. The maximum absolute atomic E-state index is 12.9. The van der Waals surface area contributed by atoms with Gasteiger partial charge in [-0.25, -0.2) is 0 Å². The van der Waals surface area contributed by atoms with Crippen molar-refractivity contribution in [3.63, 3.8) is 0 Å². The average Bonchev–Trinajstić information content (AvgIpc) is 2.81. The van der Waals surface area contributed by atoms with Crippen LogP contribution in [0, 0.1) is 0 Å². The second kappa shape index (κ2) is 11.6. The molecule has 2 aromatic carbocycles. The summed E-state index contributed by atoms with van der Waals surface area (Å²) >= 11 is 0. The lowest BCUT2D eigenvalue weighted by Crippen LogP contribution is -2.71. The third-order valence-electron chi connectivity index (χ3n) is 4.85. The first-order chi connectivity index (χ1) is 16.7. The molecule has 3 atom stereocenters. The van der Waals surface area contributed by atoms with E-state index >= 15 is 0 Å². The molecule has 1 aliphatic heterocycles. The summed E-state index contributed by atoms with van der Waals surface area (Å²) in [5.74, 6) is -2.07. The summed E-state index contributed by atoms with van der Waals surface area (Å²) in [7, 11) is 0. The van der Waals surface area contributed by atoms with Crippen molar-refractivity contribution in [3.8, 4) is 11.5 Å². The number of ether oxygens (including phenoxy) is 3. The van der Waals surface area contributed by atoms with Gasteiger partial charge in [0.25, 0.3) is 11.8 Å². The van der Waals surface area contributed by atoms with Crippen LogP contribution in [0.5, 0.6) is 11.5 Å². The van der Waals surface area contributed by atoms with Crippen LogP contribution in [0.25, 0.3) is 0 Å². The van der Waals surface area contributed by atoms with E-state index in [4.69, 9.17) is 14.2 Å². The van der Waals surface area contributed by atoms with E-state index < -0.39 is 48.0 Å². The lowest BCUT2D eigenvalue weighted by molar-refractivity contribution is -0.164. The molecule has 1 saturated heterocycles. The number of β-lactam (4-membered cyclic amide) rings is 1. The minimum Gasteiger partial charge on any atom is -0.484 e. The van der Waals surface area contributed by atoms with Crippen molar-refractivity contribution in [1.82, 2.24) is 16.0 Å². The van der Waals surface area contributed by atoms with Gasteiger partial charge in [-0.15, -0.1) is 0 Å². The fourth-order valence-electron chi connectivity index (χ4n) is 3.24. The zero-order valence-corrected chi connectivity index (χ0v) is 19.1. The Morgan fingerprint density at radius 3 is 2.20 bits per heavy atom. The molecule has 0 spiro atoms. The first-order valence-electron chi connectivity index (χ1n) is 10.7. The Bertz CT molecular complexity index is 1090. The van der Waals surface area contributed by atoms with Crippen LogP contribution in [0.1, 0.15) is 19.4 Å². The predicted octanol–water partition coefficient (Wildman–Crippen LogP) is 0.222. The Kier molecular flexibility index (Phi) is 8.38. The summed E-state index contributed by atoms with van der Waals surface area (Å²) < 4.78 is 15.3. The molecule has 0 aromatic heterocycles. The minimum atomic E-state index is -1.06. The Hall–Kier alpha value is -4.41. The third-order valence-corrected chi connectivity index (χ3v) is 4.85. The summed E-state index contributed by atoms with van der Waals surface area (Å²) in [6.45, 7) is 2.09. The maximum Gasteiger partial charge on any atom is 0.308 e. The van der Waals surface area contributed by atoms with Crippen molar-refractivity contribution in [3.05, 3.63) is 60.2 Å². The van der Waals surface area contributed by atoms with Gasteiger partial charge in [0.05, 0.1) is 0 Å². The quantitative estimate of drug-likeness (QED) is 0.247. The van der Waals surface area contributed by atoms with E-state index in [0.29, 0.717) is 11.5 Å². The van der Waals surface area contributed by atoms with Crippen molar-refractivity contribution < 1.29 is 38.2 Å². The first kappa shape index (κ1) is 25.2. The molecule has 11 nitrogen and oxygen atoms in total. The molecule has 3 amide bonds. The van der Waals surface area contributed by atoms with E-state index in [0.717, 1.165) is 5.56 Å². The van der Waals surface area contributed by atoms with E-state index in [1.807, 2.05) is 6.07 Å². The number of nitrogens with one attached hydrogen (secondary N) is 3. The van der Waals surface area contributed by atoms with Gasteiger partial charge in [0.2, 0.25) is 12.1 Å². The Labute approximate surface area is 201 Å². The van der Waals surface area contributed by atoms with Crippen LogP contribution in [-0.2, 0) is 35.1 Å². The highest BCUT2D eigenvalue weighted by Gasteiger charge is 2.43. The lowest BCUT2D eigenvalue weighted by atomic mass is 10.0. The van der Waals surface area contributed by atoms with Crippen molar-refractivity contribution in [2.75, 3.05) is 6.61 Å². The Balaban J connectivity index is 1.61. The summed E-state index contributed by atoms with van der Waals surface area (Å²) in [6, 6.07) is 13.0. The number of hydrogen-bond acceptors (Lipinski definition) is 8. The molecule has 184 valence electrons. The molecule has 11 heteroatoms. The highest BCUT2D eigenvalue weighted by molar-refractivity contribution is 5.96. The largest absolute Gasteiger partial charge is 0.484 e. The van der Waals surface area contributed by atoms with E-state index in [2.05, 4.69) is 16.0 Å². The summed E-state index contributed by atoms with van der Waals surface area (Å²) in [4.78, 5) is 59.5. The molecule has 2 aromatic rings. The molecule has 1 fully saturated rings. The number of hydrogen-bond donors (Lipinski definition) is 3. The van der Waals surface area contributed by atoms with Gasteiger partial charge in [-0.05, 0) is 29.8 Å². The molecular formula is C24H25N3O8. The smallest absolute Gasteiger partial charge is 0.308 e. The van der Waals surface area contributed by atoms with Crippen LogP contribution in [0.15, 0.2) is 54.6 Å². The molecular weight excluding hydrogens is 458 g/mol. The van der Waals surface area contributed by atoms with Crippen LogP contribution in [0.2, 0.25) is 0 Å². The van der Waals surface area contributed by atoms with Crippen LogP contribution in [0.3, 0.4) is 0 Å². The van der Waals surface area contributed by atoms with Gasteiger partial charge in [0, 0.05) is 20.3 Å². The fourth-order valence-corrected chi connectivity index (χ4v) is 3.24. The zero-order chi connectivity index (χ0) is 25.4. The minimum absolute atomic E-state index is 0.155. The average molecular weight is 483 g/mol. The number of carbonyl (C=O) groups excluding carboxylic acids is 5. The number of benzene rings is 2. The van der Waals surface area contributed by atoms with E-state index in [9.17, 15) is 24.0 Å². The van der Waals surface area contributed by atoms with Gasteiger partial charge < -0.3 is 30.2 Å². The van der Waals surface area contributed by atoms with E-state index in [1.54, 1.807) is 24.3 Å². The lowest BCUT2D eigenvalue weighted by Gasteiger charge is -2.36. The molecule has 3 rings (SSSR count). The van der Waals surface area contributed by atoms with Gasteiger partial charge in [0.1, 0.15) is 17.5 Å². The second-order valence-electron chi connectivity index (χ2n) is 7.69. The first-order valence-corrected chi connectivity index (χ1v) is 10.7. The second-order valence-corrected chi connectivity index (χ2v) is 7.69. The highest BCUT2D eigenvalue weighted by atomic mass is 16.6. The topological polar surface area (TPSA) is 149 Å². The summed E-state index contributed by atoms with van der Waals surface area (Å²) in [6.07, 6.45) is -0.822. The van der Waals surface area contributed by atoms with Crippen LogP contribution in [-0.4, -0.2) is 54.6 Å².